The number of imide groups is 1. The van der Waals surface area contributed by atoms with Crippen molar-refractivity contribution in [1.29, 1.82) is 0 Å². The largest absolute Gasteiger partial charge is 0.324 e. The van der Waals surface area contributed by atoms with Crippen molar-refractivity contribution in [3.63, 3.8) is 0 Å². The topological polar surface area (TPSA) is 72.2 Å². The Hall–Kier alpha value is -1.16. The highest BCUT2D eigenvalue weighted by molar-refractivity contribution is 6.05. The number of fused-ring (bicyclic) bond motifs is 1. The predicted octanol–water partition coefficient (Wildman–Crippen LogP) is -0.448. The minimum atomic E-state index is -0.337. The van der Waals surface area contributed by atoms with Gasteiger partial charge in [-0.15, -0.1) is 0 Å². The first kappa shape index (κ1) is 8.44. The molecule has 0 saturated carbocycles. The van der Waals surface area contributed by atoms with Crippen LogP contribution in [-0.4, -0.2) is 17.9 Å². The highest BCUT2D eigenvalue weighted by Crippen LogP contribution is 2.32. The Kier molecular flexibility index (Phi) is 1.73. The molecule has 4 heteroatoms. The highest BCUT2D eigenvalue weighted by Gasteiger charge is 2.45. The van der Waals surface area contributed by atoms with Crippen molar-refractivity contribution in [2.45, 2.75) is 19.4 Å². The van der Waals surface area contributed by atoms with Crippen molar-refractivity contribution < 1.29 is 9.59 Å². The third kappa shape index (κ3) is 1.18. The van der Waals surface area contributed by atoms with Crippen LogP contribution in [0, 0.1) is 11.8 Å². The van der Waals surface area contributed by atoms with E-state index in [9.17, 15) is 9.59 Å². The number of hydrogen-bond acceptors (Lipinski definition) is 3. The average molecular weight is 180 g/mol. The molecule has 0 aromatic carbocycles. The number of rotatable bonds is 0. The molecule has 1 aliphatic heterocycles. The van der Waals surface area contributed by atoms with Crippen LogP contribution >= 0.6 is 0 Å². The standard InChI is InChI=1S/C9H12N2O2/c1-4-2-5-7(6(10)3-4)9(13)11-8(5)12/h3,5-7H,2,10H2,1H3,(H,11,12,13)/t5-,6+,7-/m0/s1. The summed E-state index contributed by atoms with van der Waals surface area (Å²) < 4.78 is 0. The van der Waals surface area contributed by atoms with Crippen molar-refractivity contribution in [2.24, 2.45) is 17.6 Å². The lowest BCUT2D eigenvalue weighted by molar-refractivity contribution is -0.126. The molecule has 0 aromatic heterocycles. The first-order valence-electron chi connectivity index (χ1n) is 4.37. The van der Waals surface area contributed by atoms with Gasteiger partial charge >= 0.3 is 0 Å². The van der Waals surface area contributed by atoms with Gasteiger partial charge in [-0.3, -0.25) is 14.9 Å². The third-order valence-corrected chi connectivity index (χ3v) is 2.75. The van der Waals surface area contributed by atoms with Gasteiger partial charge in [-0.2, -0.15) is 0 Å². The average Bonchev–Trinajstić information content (AvgIpc) is 2.27. The van der Waals surface area contributed by atoms with Crippen LogP contribution in [0.4, 0.5) is 0 Å². The van der Waals surface area contributed by atoms with Crippen LogP contribution in [-0.2, 0) is 9.59 Å². The summed E-state index contributed by atoms with van der Waals surface area (Å²) in [6.07, 6.45) is 2.54. The minimum Gasteiger partial charge on any atom is -0.324 e. The van der Waals surface area contributed by atoms with Crippen LogP contribution in [0.3, 0.4) is 0 Å². The molecule has 1 heterocycles. The highest BCUT2D eigenvalue weighted by atomic mass is 16.2. The Labute approximate surface area is 76.2 Å². The molecule has 3 atom stereocenters. The smallest absolute Gasteiger partial charge is 0.232 e. The van der Waals surface area contributed by atoms with Crippen LogP contribution in [0.15, 0.2) is 11.6 Å². The van der Waals surface area contributed by atoms with Gasteiger partial charge in [0.2, 0.25) is 11.8 Å². The molecule has 2 amide bonds. The molecular weight excluding hydrogens is 168 g/mol. The van der Waals surface area contributed by atoms with E-state index in [-0.39, 0.29) is 29.7 Å². The second-order valence-corrected chi connectivity index (χ2v) is 3.78. The Bertz CT molecular complexity index is 309. The quantitative estimate of drug-likeness (QED) is 0.392. The molecule has 13 heavy (non-hydrogen) atoms. The van der Waals surface area contributed by atoms with E-state index < -0.39 is 0 Å². The van der Waals surface area contributed by atoms with Gasteiger partial charge in [0.1, 0.15) is 0 Å². The van der Waals surface area contributed by atoms with Gasteiger partial charge in [0, 0.05) is 6.04 Å². The van der Waals surface area contributed by atoms with Crippen LogP contribution in [0.25, 0.3) is 0 Å². The molecule has 1 saturated heterocycles. The molecule has 2 aliphatic rings. The van der Waals surface area contributed by atoms with E-state index in [0.29, 0.717) is 6.42 Å². The maximum absolute atomic E-state index is 11.3. The summed E-state index contributed by atoms with van der Waals surface area (Å²) in [6.45, 7) is 1.94. The van der Waals surface area contributed by atoms with Crippen molar-refractivity contribution in [3.8, 4) is 0 Å². The summed E-state index contributed by atoms with van der Waals surface area (Å²) in [6, 6.07) is -0.301. The molecule has 0 aromatic rings. The fraction of sp³-hybridized carbons (Fsp3) is 0.556. The molecule has 4 nitrogen and oxygen atoms in total. The molecule has 0 unspecified atom stereocenters. The molecular formula is C9H12N2O2. The van der Waals surface area contributed by atoms with Gasteiger partial charge in [0.15, 0.2) is 0 Å². The summed E-state index contributed by atoms with van der Waals surface area (Å²) in [4.78, 5) is 22.6. The second kappa shape index (κ2) is 2.67. The van der Waals surface area contributed by atoms with E-state index in [2.05, 4.69) is 5.32 Å². The molecule has 0 spiro atoms. The summed E-state index contributed by atoms with van der Waals surface area (Å²) >= 11 is 0. The molecule has 3 N–H and O–H groups in total. The van der Waals surface area contributed by atoms with Crippen molar-refractivity contribution in [1.82, 2.24) is 5.32 Å². The summed E-state index contributed by atoms with van der Waals surface area (Å²) in [7, 11) is 0. The Morgan fingerprint density at radius 2 is 2.15 bits per heavy atom. The number of nitrogens with one attached hydrogen (secondary N) is 1. The monoisotopic (exact) mass is 180 g/mol. The van der Waals surface area contributed by atoms with Crippen molar-refractivity contribution in [3.05, 3.63) is 11.6 Å². The summed E-state index contributed by atoms with van der Waals surface area (Å²) in [5.74, 6) is -0.951. The first-order valence-corrected chi connectivity index (χ1v) is 4.37. The van der Waals surface area contributed by atoms with Gasteiger partial charge in [0.25, 0.3) is 0 Å². The lowest BCUT2D eigenvalue weighted by Gasteiger charge is -2.25. The van der Waals surface area contributed by atoms with Crippen LogP contribution in [0.2, 0.25) is 0 Å². The van der Waals surface area contributed by atoms with E-state index in [1.165, 1.54) is 0 Å². The number of nitrogens with two attached hydrogens (primary N) is 1. The molecule has 0 radical (unpaired) electrons. The van der Waals surface area contributed by atoms with E-state index in [1.54, 1.807) is 0 Å². The number of hydrogen-bond donors (Lipinski definition) is 2. The zero-order valence-electron chi connectivity index (χ0n) is 7.41. The summed E-state index contributed by atoms with van der Waals surface area (Å²) in [5, 5.41) is 2.32. The molecule has 2 rings (SSSR count). The van der Waals surface area contributed by atoms with Crippen LogP contribution < -0.4 is 11.1 Å². The van der Waals surface area contributed by atoms with Gasteiger partial charge < -0.3 is 5.73 Å². The first-order chi connectivity index (χ1) is 6.09. The van der Waals surface area contributed by atoms with Gasteiger partial charge in [0.05, 0.1) is 11.8 Å². The Morgan fingerprint density at radius 3 is 2.85 bits per heavy atom. The van der Waals surface area contributed by atoms with E-state index >= 15 is 0 Å². The molecule has 1 fully saturated rings. The molecule has 70 valence electrons. The molecule has 0 bridgehead atoms. The zero-order valence-corrected chi connectivity index (χ0v) is 7.41. The van der Waals surface area contributed by atoms with E-state index in [1.807, 2.05) is 13.0 Å². The maximum Gasteiger partial charge on any atom is 0.232 e. The van der Waals surface area contributed by atoms with Gasteiger partial charge in [-0.05, 0) is 13.3 Å². The maximum atomic E-state index is 11.3. The fourth-order valence-electron chi connectivity index (χ4n) is 2.15. The van der Waals surface area contributed by atoms with Crippen LogP contribution in [0.5, 0.6) is 0 Å². The number of carbonyl (C=O) groups is 2. The third-order valence-electron chi connectivity index (χ3n) is 2.75. The van der Waals surface area contributed by atoms with E-state index in [4.69, 9.17) is 5.73 Å². The second-order valence-electron chi connectivity index (χ2n) is 3.78. The number of allylic oxidation sites excluding steroid dienone is 1. The summed E-state index contributed by atoms with van der Waals surface area (Å²) in [5.41, 5.74) is 6.87. The molecule has 1 aliphatic carbocycles. The van der Waals surface area contributed by atoms with E-state index in [0.717, 1.165) is 5.57 Å². The van der Waals surface area contributed by atoms with Crippen LogP contribution in [0.1, 0.15) is 13.3 Å². The van der Waals surface area contributed by atoms with Gasteiger partial charge in [-0.1, -0.05) is 11.6 Å². The van der Waals surface area contributed by atoms with Crippen molar-refractivity contribution in [2.75, 3.05) is 0 Å². The minimum absolute atomic E-state index is 0.169. The Morgan fingerprint density at radius 1 is 1.46 bits per heavy atom. The normalized spacial score (nSPS) is 38.3. The zero-order chi connectivity index (χ0) is 9.59. The lowest BCUT2D eigenvalue weighted by atomic mass is 9.79. The SMILES string of the molecule is CC1=C[C@@H](N)[C@H]2C(=O)NC(=O)[C@H]2C1. The number of amides is 2. The predicted molar refractivity (Wildman–Crippen MR) is 46.5 cm³/mol. The lowest BCUT2D eigenvalue weighted by Crippen LogP contribution is -2.39. The number of carbonyl (C=O) groups excluding carboxylic acids is 2. The Balaban J connectivity index is 2.34. The van der Waals surface area contributed by atoms with Gasteiger partial charge in [-0.25, -0.2) is 0 Å². The van der Waals surface area contributed by atoms with Crippen molar-refractivity contribution >= 4 is 11.8 Å². The fourth-order valence-corrected chi connectivity index (χ4v) is 2.15.